The third kappa shape index (κ3) is 3.77. The highest BCUT2D eigenvalue weighted by Crippen LogP contribution is 2.25. The van der Waals surface area contributed by atoms with E-state index in [0.717, 1.165) is 0 Å². The molecular formula is C11H13BrClF2N3O2. The highest BCUT2D eigenvalue weighted by atomic mass is 79.9. The van der Waals surface area contributed by atoms with Gasteiger partial charge >= 0.3 is 0 Å². The highest BCUT2D eigenvalue weighted by Gasteiger charge is 2.42. The first kappa shape index (κ1) is 17.1. The zero-order valence-electron chi connectivity index (χ0n) is 10.5. The smallest absolute Gasteiger partial charge is 0.264 e. The number of hydrogen-bond acceptors (Lipinski definition) is 3. The molecule has 1 aromatic rings. The van der Waals surface area contributed by atoms with Crippen molar-refractivity contribution in [3.63, 3.8) is 0 Å². The van der Waals surface area contributed by atoms with E-state index in [4.69, 9.17) is 0 Å². The maximum absolute atomic E-state index is 13.0. The molecule has 0 aromatic carbocycles. The number of nitrogens with one attached hydrogen (secondary N) is 2. The van der Waals surface area contributed by atoms with Gasteiger partial charge in [-0.3, -0.25) is 14.9 Å². The molecule has 1 aliphatic rings. The van der Waals surface area contributed by atoms with Gasteiger partial charge in [-0.05, 0) is 22.0 Å². The summed E-state index contributed by atoms with van der Waals surface area (Å²) in [6.07, 6.45) is 0.907. The molecule has 0 spiro atoms. The topological polar surface area (TPSA) is 63.1 Å². The Hall–Kier alpha value is -0.990. The van der Waals surface area contributed by atoms with Gasteiger partial charge in [0.25, 0.3) is 11.5 Å². The molecule has 0 bridgehead atoms. The summed E-state index contributed by atoms with van der Waals surface area (Å²) < 4.78 is 27.5. The summed E-state index contributed by atoms with van der Waals surface area (Å²) in [6.45, 7) is -0.498. The van der Waals surface area contributed by atoms with Crippen molar-refractivity contribution in [3.8, 4) is 0 Å². The van der Waals surface area contributed by atoms with Crippen molar-refractivity contribution in [3.05, 3.63) is 27.1 Å². The minimum absolute atomic E-state index is 0. The van der Waals surface area contributed by atoms with Crippen LogP contribution in [0.5, 0.6) is 0 Å². The maximum Gasteiger partial charge on any atom is 0.264 e. The van der Waals surface area contributed by atoms with Crippen molar-refractivity contribution in [2.24, 2.45) is 7.05 Å². The normalized spacial score (nSPS) is 20.3. The van der Waals surface area contributed by atoms with Crippen molar-refractivity contribution < 1.29 is 13.6 Å². The number of amides is 1. The zero-order valence-corrected chi connectivity index (χ0v) is 12.9. The van der Waals surface area contributed by atoms with E-state index in [2.05, 4.69) is 26.6 Å². The van der Waals surface area contributed by atoms with Gasteiger partial charge in [0.1, 0.15) is 0 Å². The van der Waals surface area contributed by atoms with E-state index in [1.165, 1.54) is 23.9 Å². The summed E-state index contributed by atoms with van der Waals surface area (Å²) in [6, 6.07) is 0.513. The van der Waals surface area contributed by atoms with Gasteiger partial charge in [0.2, 0.25) is 5.91 Å². The number of pyridine rings is 1. The van der Waals surface area contributed by atoms with Gasteiger partial charge in [-0.25, -0.2) is 8.78 Å². The van der Waals surface area contributed by atoms with Crippen LogP contribution in [0.3, 0.4) is 0 Å². The summed E-state index contributed by atoms with van der Waals surface area (Å²) in [5.74, 6) is -3.39. The van der Waals surface area contributed by atoms with Gasteiger partial charge in [-0.15, -0.1) is 12.4 Å². The lowest BCUT2D eigenvalue weighted by molar-refractivity contribution is -0.118. The fourth-order valence-electron chi connectivity index (χ4n) is 1.87. The first-order valence-corrected chi connectivity index (χ1v) is 6.36. The van der Waals surface area contributed by atoms with Crippen molar-refractivity contribution in [1.82, 2.24) is 9.88 Å². The molecule has 1 fully saturated rings. The quantitative estimate of drug-likeness (QED) is 0.827. The number of nitrogens with zero attached hydrogens (tertiary/aromatic N) is 1. The molecule has 0 radical (unpaired) electrons. The van der Waals surface area contributed by atoms with Crippen LogP contribution in [0, 0.1) is 0 Å². The Bertz CT molecular complexity index is 553. The van der Waals surface area contributed by atoms with Crippen molar-refractivity contribution >= 4 is 39.9 Å². The number of carbonyl (C=O) groups is 1. The fourth-order valence-corrected chi connectivity index (χ4v) is 2.40. The first-order chi connectivity index (χ1) is 8.78. The summed E-state index contributed by atoms with van der Waals surface area (Å²) >= 11 is 3.07. The van der Waals surface area contributed by atoms with Gasteiger partial charge in [0.15, 0.2) is 0 Å². The predicted molar refractivity (Wildman–Crippen MR) is 76.6 cm³/mol. The third-order valence-electron chi connectivity index (χ3n) is 2.83. The molecule has 1 atom stereocenters. The monoisotopic (exact) mass is 371 g/mol. The van der Waals surface area contributed by atoms with Crippen LogP contribution in [0.4, 0.5) is 14.5 Å². The average molecular weight is 373 g/mol. The number of aryl methyl sites for hydroxylation is 1. The van der Waals surface area contributed by atoms with Gasteiger partial charge in [0, 0.05) is 19.7 Å². The van der Waals surface area contributed by atoms with Crippen molar-refractivity contribution in [2.75, 3.05) is 11.9 Å². The molecule has 112 valence electrons. The molecule has 9 heteroatoms. The zero-order chi connectivity index (χ0) is 14.2. The maximum atomic E-state index is 13.0. The molecule has 1 saturated heterocycles. The third-order valence-corrected chi connectivity index (χ3v) is 3.40. The van der Waals surface area contributed by atoms with Crippen LogP contribution in [0.15, 0.2) is 21.5 Å². The number of hydrogen-bond donors (Lipinski definition) is 2. The van der Waals surface area contributed by atoms with Crippen LogP contribution >= 0.6 is 28.3 Å². The number of aromatic nitrogens is 1. The van der Waals surface area contributed by atoms with Crippen LogP contribution in [0.1, 0.15) is 6.42 Å². The van der Waals surface area contributed by atoms with E-state index >= 15 is 0 Å². The van der Waals surface area contributed by atoms with Gasteiger partial charge in [-0.2, -0.15) is 0 Å². The molecule has 2 heterocycles. The molecule has 1 aromatic heterocycles. The Morgan fingerprint density at radius 1 is 1.60 bits per heavy atom. The highest BCUT2D eigenvalue weighted by molar-refractivity contribution is 9.10. The molecule has 1 amide bonds. The van der Waals surface area contributed by atoms with E-state index < -0.39 is 30.8 Å². The summed E-state index contributed by atoms with van der Waals surface area (Å²) in [5, 5.41) is 4.97. The van der Waals surface area contributed by atoms with Crippen LogP contribution in [0.2, 0.25) is 0 Å². The minimum atomic E-state index is -2.86. The first-order valence-electron chi connectivity index (χ1n) is 5.57. The lowest BCUT2D eigenvalue weighted by Gasteiger charge is -2.12. The molecule has 2 N–H and O–H groups in total. The van der Waals surface area contributed by atoms with E-state index in [1.807, 2.05) is 0 Å². The summed E-state index contributed by atoms with van der Waals surface area (Å²) in [7, 11) is 1.53. The number of carbonyl (C=O) groups excluding carboxylic acids is 1. The number of alkyl halides is 2. The molecular weight excluding hydrogens is 359 g/mol. The summed E-state index contributed by atoms with van der Waals surface area (Å²) in [4.78, 5) is 23.2. The van der Waals surface area contributed by atoms with Gasteiger partial charge in [0.05, 0.1) is 22.7 Å². The van der Waals surface area contributed by atoms with E-state index in [-0.39, 0.29) is 22.4 Å². The van der Waals surface area contributed by atoms with Crippen LogP contribution in [0.25, 0.3) is 0 Å². The number of halogens is 4. The van der Waals surface area contributed by atoms with Crippen LogP contribution in [-0.2, 0) is 11.8 Å². The van der Waals surface area contributed by atoms with Crippen LogP contribution in [-0.4, -0.2) is 29.0 Å². The Labute approximate surface area is 128 Å². The second-order valence-electron chi connectivity index (χ2n) is 4.48. The van der Waals surface area contributed by atoms with Crippen molar-refractivity contribution in [1.29, 1.82) is 0 Å². The average Bonchev–Trinajstić information content (AvgIpc) is 2.66. The lowest BCUT2D eigenvalue weighted by Crippen LogP contribution is -2.35. The van der Waals surface area contributed by atoms with E-state index in [9.17, 15) is 18.4 Å². The Morgan fingerprint density at radius 2 is 2.25 bits per heavy atom. The number of rotatable bonds is 2. The second-order valence-corrected chi connectivity index (χ2v) is 5.33. The molecule has 0 aliphatic carbocycles. The standard InChI is InChI=1S/C11H12BrF2N3O2.ClH/c1-17-4-6(2-7(12)10(17)19)16-9(18)8-3-11(13,14)5-15-8;/h2,4,8,15H,3,5H2,1H3,(H,16,18);1H. The van der Waals surface area contributed by atoms with Crippen molar-refractivity contribution in [2.45, 2.75) is 18.4 Å². The SMILES string of the molecule is Cl.Cn1cc(NC(=O)C2CC(F)(F)CN2)cc(Br)c1=O. The predicted octanol–water partition coefficient (Wildman–Crippen LogP) is 1.51. The van der Waals surface area contributed by atoms with E-state index in [1.54, 1.807) is 0 Å². The Morgan fingerprint density at radius 3 is 2.75 bits per heavy atom. The van der Waals surface area contributed by atoms with Crippen LogP contribution < -0.4 is 16.2 Å². The minimum Gasteiger partial charge on any atom is -0.323 e. The molecule has 1 aliphatic heterocycles. The molecule has 20 heavy (non-hydrogen) atoms. The van der Waals surface area contributed by atoms with Gasteiger partial charge in [-0.1, -0.05) is 0 Å². The molecule has 5 nitrogen and oxygen atoms in total. The summed E-state index contributed by atoms with van der Waals surface area (Å²) in [5.41, 5.74) is 0.125. The number of anilines is 1. The second kappa shape index (κ2) is 6.19. The largest absolute Gasteiger partial charge is 0.323 e. The molecule has 2 rings (SSSR count). The van der Waals surface area contributed by atoms with Gasteiger partial charge < -0.3 is 9.88 Å². The fraction of sp³-hybridized carbons (Fsp3) is 0.455. The van der Waals surface area contributed by atoms with E-state index in [0.29, 0.717) is 5.69 Å². The Balaban J connectivity index is 0.00000200. The molecule has 0 saturated carbocycles. The Kier molecular flexibility index (Phi) is 5.28. The lowest BCUT2D eigenvalue weighted by atomic mass is 10.2. The molecule has 1 unspecified atom stereocenters.